The predicted octanol–water partition coefficient (Wildman–Crippen LogP) is 5.20. The van der Waals surface area contributed by atoms with Crippen molar-refractivity contribution in [2.45, 2.75) is 32.7 Å². The molecule has 0 saturated heterocycles. The summed E-state index contributed by atoms with van der Waals surface area (Å²) in [7, 11) is 0. The molecule has 3 N–H and O–H groups in total. The summed E-state index contributed by atoms with van der Waals surface area (Å²) in [4.78, 5) is 36.6. The van der Waals surface area contributed by atoms with Crippen LogP contribution >= 0.6 is 0 Å². The van der Waals surface area contributed by atoms with Gasteiger partial charge in [-0.15, -0.1) is 0 Å². The lowest BCUT2D eigenvalue weighted by Crippen LogP contribution is -2.42. The van der Waals surface area contributed by atoms with E-state index in [2.05, 4.69) is 34.9 Å². The topological polar surface area (TPSA) is 105 Å². The summed E-state index contributed by atoms with van der Waals surface area (Å²) in [5.74, 6) is -2.03. The maximum Gasteiger partial charge on any atom is 0.407 e. The zero-order valence-electron chi connectivity index (χ0n) is 19.9. The van der Waals surface area contributed by atoms with E-state index in [1.165, 1.54) is 12.1 Å². The third-order valence-corrected chi connectivity index (χ3v) is 6.60. The van der Waals surface area contributed by atoms with E-state index in [9.17, 15) is 19.5 Å². The van der Waals surface area contributed by atoms with Gasteiger partial charge < -0.3 is 20.5 Å². The van der Waals surface area contributed by atoms with Crippen LogP contribution in [-0.4, -0.2) is 35.7 Å². The van der Waals surface area contributed by atoms with E-state index < -0.39 is 24.0 Å². The second-order valence-electron chi connectivity index (χ2n) is 8.87. The van der Waals surface area contributed by atoms with Crippen LogP contribution in [0.25, 0.3) is 11.1 Å². The number of carbonyl (C=O) groups is 3. The van der Waals surface area contributed by atoms with Crippen molar-refractivity contribution in [1.29, 1.82) is 0 Å². The zero-order valence-corrected chi connectivity index (χ0v) is 19.9. The van der Waals surface area contributed by atoms with Crippen LogP contribution in [0.5, 0.6) is 0 Å². The smallest absolute Gasteiger partial charge is 0.407 e. The van der Waals surface area contributed by atoms with Crippen LogP contribution in [0.3, 0.4) is 0 Å². The molecule has 0 aromatic heterocycles. The van der Waals surface area contributed by atoms with Crippen molar-refractivity contribution >= 4 is 23.7 Å². The Hall–Kier alpha value is -4.13. The molecule has 0 spiro atoms. The maximum absolute atomic E-state index is 12.8. The molecular weight excluding hydrogens is 444 g/mol. The maximum atomic E-state index is 12.8. The van der Waals surface area contributed by atoms with Gasteiger partial charge in [-0.2, -0.15) is 0 Å². The molecule has 35 heavy (non-hydrogen) atoms. The van der Waals surface area contributed by atoms with E-state index >= 15 is 0 Å². The molecule has 7 heteroatoms. The Labute approximate surface area is 204 Å². The minimum atomic E-state index is -1.07. The Morgan fingerprint density at radius 3 is 2.14 bits per heavy atom. The Balaban J connectivity index is 1.35. The van der Waals surface area contributed by atoms with Gasteiger partial charge in [-0.3, -0.25) is 4.79 Å². The van der Waals surface area contributed by atoms with Gasteiger partial charge in [0.2, 0.25) is 5.91 Å². The number of rotatable bonds is 7. The number of carboxylic acids is 1. The molecule has 180 valence electrons. The van der Waals surface area contributed by atoms with E-state index in [1.807, 2.05) is 24.3 Å². The summed E-state index contributed by atoms with van der Waals surface area (Å²) in [6, 6.07) is 20.3. The normalized spacial score (nSPS) is 13.8. The molecule has 3 aromatic rings. The minimum absolute atomic E-state index is 0.0475. The summed E-state index contributed by atoms with van der Waals surface area (Å²) < 4.78 is 5.57. The van der Waals surface area contributed by atoms with Crippen LogP contribution in [0, 0.1) is 12.8 Å². The highest BCUT2D eigenvalue weighted by atomic mass is 16.5. The lowest BCUT2D eigenvalue weighted by atomic mass is 9.98. The van der Waals surface area contributed by atoms with Gasteiger partial charge in [0.05, 0.1) is 11.5 Å². The first-order valence-corrected chi connectivity index (χ1v) is 11.5. The molecule has 0 radical (unpaired) electrons. The van der Waals surface area contributed by atoms with Crippen LogP contribution in [-0.2, 0) is 9.53 Å². The lowest BCUT2D eigenvalue weighted by Gasteiger charge is -2.22. The Kier molecular flexibility index (Phi) is 6.87. The fourth-order valence-electron chi connectivity index (χ4n) is 4.31. The molecule has 1 aliphatic carbocycles. The quantitative estimate of drug-likeness (QED) is 0.439. The predicted molar refractivity (Wildman–Crippen MR) is 134 cm³/mol. The van der Waals surface area contributed by atoms with Crippen LogP contribution in [0.1, 0.15) is 46.8 Å². The summed E-state index contributed by atoms with van der Waals surface area (Å²) in [6.07, 6.45) is -0.594. The first-order chi connectivity index (χ1) is 16.8. The second kappa shape index (κ2) is 10.0. The summed E-state index contributed by atoms with van der Waals surface area (Å²) >= 11 is 0. The number of hydrogen-bond acceptors (Lipinski definition) is 4. The third kappa shape index (κ3) is 5.04. The number of fused-ring (bicyclic) bond motifs is 3. The molecule has 4 rings (SSSR count). The molecule has 1 aliphatic rings. The Morgan fingerprint density at radius 2 is 1.54 bits per heavy atom. The van der Waals surface area contributed by atoms with E-state index in [4.69, 9.17) is 4.74 Å². The monoisotopic (exact) mass is 472 g/mol. The number of ether oxygens (including phenoxy) is 1. The summed E-state index contributed by atoms with van der Waals surface area (Å²) in [6.45, 7) is 5.39. The average Bonchev–Trinajstić information content (AvgIpc) is 3.17. The highest BCUT2D eigenvalue weighted by Crippen LogP contribution is 2.44. The molecule has 0 bridgehead atoms. The minimum Gasteiger partial charge on any atom is -0.478 e. The molecule has 0 saturated carbocycles. The van der Waals surface area contributed by atoms with E-state index in [1.54, 1.807) is 26.8 Å². The number of carboxylic acid groups (broad SMARTS) is 1. The largest absolute Gasteiger partial charge is 0.478 e. The molecule has 2 amide bonds. The Bertz CT molecular complexity index is 1240. The highest BCUT2D eigenvalue weighted by molar-refractivity contribution is 5.96. The van der Waals surface area contributed by atoms with Crippen molar-refractivity contribution in [3.05, 3.63) is 89.0 Å². The number of aromatic carboxylic acids is 1. The number of anilines is 1. The highest BCUT2D eigenvalue weighted by Gasteiger charge is 2.29. The van der Waals surface area contributed by atoms with Crippen LogP contribution in [0.15, 0.2) is 66.7 Å². The van der Waals surface area contributed by atoms with E-state index in [-0.39, 0.29) is 24.0 Å². The number of hydrogen-bond donors (Lipinski definition) is 3. The van der Waals surface area contributed by atoms with E-state index in [0.717, 1.165) is 27.8 Å². The van der Waals surface area contributed by atoms with Gasteiger partial charge in [0.1, 0.15) is 6.61 Å². The molecule has 2 atom stereocenters. The first kappa shape index (κ1) is 24.0. The van der Waals surface area contributed by atoms with Gasteiger partial charge in [0, 0.05) is 17.6 Å². The van der Waals surface area contributed by atoms with Gasteiger partial charge >= 0.3 is 12.1 Å². The molecule has 3 aromatic carbocycles. The fraction of sp³-hybridized carbons (Fsp3) is 0.250. The lowest BCUT2D eigenvalue weighted by molar-refractivity contribution is -0.120. The molecule has 0 heterocycles. The number of carbonyl (C=O) groups excluding carboxylic acids is 2. The third-order valence-electron chi connectivity index (χ3n) is 6.60. The summed E-state index contributed by atoms with van der Waals surface area (Å²) in [5, 5.41) is 14.7. The van der Waals surface area contributed by atoms with Crippen molar-refractivity contribution in [3.8, 4) is 11.1 Å². The number of alkyl carbamates (subject to hydrolysis) is 1. The first-order valence-electron chi connectivity index (χ1n) is 11.5. The van der Waals surface area contributed by atoms with Gasteiger partial charge in [-0.05, 0) is 53.8 Å². The Morgan fingerprint density at radius 1 is 0.943 bits per heavy atom. The number of benzene rings is 3. The average molecular weight is 473 g/mol. The number of amides is 2. The van der Waals surface area contributed by atoms with Gasteiger partial charge in [0.25, 0.3) is 0 Å². The standard InChI is InChI=1S/C28H28N2O5/c1-16-12-13-19(27(32)33)14-25(16)30-26(31)17(2)18(3)29-28(34)35-15-24-22-10-6-4-8-20(22)21-9-5-7-11-23(21)24/h4-14,17-18,24H,15H2,1-3H3,(H,29,34)(H,30,31)(H,32,33). The molecule has 0 aliphatic heterocycles. The van der Waals surface area contributed by atoms with Crippen molar-refractivity contribution < 1.29 is 24.2 Å². The SMILES string of the molecule is Cc1ccc(C(=O)O)cc1NC(=O)C(C)C(C)NC(=O)OCC1c2ccccc2-c2ccccc21. The van der Waals surface area contributed by atoms with Crippen LogP contribution < -0.4 is 10.6 Å². The van der Waals surface area contributed by atoms with Crippen molar-refractivity contribution in [1.82, 2.24) is 5.32 Å². The molecular formula is C28H28N2O5. The van der Waals surface area contributed by atoms with Gasteiger partial charge in [-0.1, -0.05) is 61.5 Å². The van der Waals surface area contributed by atoms with Crippen LogP contribution in [0.4, 0.5) is 10.5 Å². The van der Waals surface area contributed by atoms with Crippen molar-refractivity contribution in [3.63, 3.8) is 0 Å². The summed E-state index contributed by atoms with van der Waals surface area (Å²) in [5.41, 5.74) is 5.81. The second-order valence-corrected chi connectivity index (χ2v) is 8.87. The molecule has 2 unspecified atom stereocenters. The van der Waals surface area contributed by atoms with Crippen molar-refractivity contribution in [2.24, 2.45) is 5.92 Å². The van der Waals surface area contributed by atoms with Crippen LogP contribution in [0.2, 0.25) is 0 Å². The number of nitrogens with one attached hydrogen (secondary N) is 2. The number of aryl methyl sites for hydroxylation is 1. The molecule has 7 nitrogen and oxygen atoms in total. The van der Waals surface area contributed by atoms with Gasteiger partial charge in [-0.25, -0.2) is 9.59 Å². The van der Waals surface area contributed by atoms with E-state index in [0.29, 0.717) is 5.69 Å². The van der Waals surface area contributed by atoms with Gasteiger partial charge in [0.15, 0.2) is 0 Å². The zero-order chi connectivity index (χ0) is 25.1. The van der Waals surface area contributed by atoms with Crippen molar-refractivity contribution in [2.75, 3.05) is 11.9 Å². The fourth-order valence-corrected chi connectivity index (χ4v) is 4.31. The molecule has 0 fully saturated rings.